The van der Waals surface area contributed by atoms with Crippen LogP contribution in [0.25, 0.3) is 5.69 Å². The largest absolute Gasteiger partial charge is 0.384 e. The van der Waals surface area contributed by atoms with Crippen LogP contribution in [0.5, 0.6) is 0 Å². The van der Waals surface area contributed by atoms with Gasteiger partial charge in [-0.05, 0) is 31.2 Å². The number of benzene rings is 1. The van der Waals surface area contributed by atoms with Gasteiger partial charge in [-0.3, -0.25) is 29.1 Å². The molecule has 3 amide bonds. The highest BCUT2D eigenvalue weighted by Gasteiger charge is 2.32. The lowest BCUT2D eigenvalue weighted by atomic mass is 10.1. The van der Waals surface area contributed by atoms with E-state index in [9.17, 15) is 19.2 Å². The van der Waals surface area contributed by atoms with Gasteiger partial charge in [0, 0.05) is 11.8 Å². The van der Waals surface area contributed by atoms with Crippen LogP contribution < -0.4 is 21.9 Å². The zero-order valence-corrected chi connectivity index (χ0v) is 15.2. The van der Waals surface area contributed by atoms with Crippen LogP contribution in [0, 0.1) is 6.92 Å². The second-order valence-corrected chi connectivity index (χ2v) is 6.41. The summed E-state index contributed by atoms with van der Waals surface area (Å²) in [5.41, 5.74) is 6.30. The average molecular weight is 389 g/mol. The van der Waals surface area contributed by atoms with Gasteiger partial charge in [0.15, 0.2) is 0 Å². The first kappa shape index (κ1) is 18.1. The van der Waals surface area contributed by atoms with E-state index in [2.05, 4.69) is 15.6 Å². The maximum atomic E-state index is 12.9. The van der Waals surface area contributed by atoms with Crippen molar-refractivity contribution in [2.24, 2.45) is 0 Å². The van der Waals surface area contributed by atoms with Gasteiger partial charge < -0.3 is 11.1 Å². The number of aryl methyl sites for hydroxylation is 1. The fourth-order valence-electron chi connectivity index (χ4n) is 3.18. The fourth-order valence-corrected chi connectivity index (χ4v) is 3.18. The Labute approximate surface area is 164 Å². The Hall–Kier alpha value is -4.27. The van der Waals surface area contributed by atoms with Gasteiger partial charge in [0.1, 0.15) is 11.6 Å². The summed E-state index contributed by atoms with van der Waals surface area (Å²) in [6.07, 6.45) is 0. The second kappa shape index (κ2) is 6.71. The monoisotopic (exact) mass is 389 g/mol. The van der Waals surface area contributed by atoms with Crippen molar-refractivity contribution >= 4 is 29.4 Å². The minimum absolute atomic E-state index is 0.0837. The Kier molecular flexibility index (Phi) is 4.19. The van der Waals surface area contributed by atoms with Gasteiger partial charge >= 0.3 is 0 Å². The van der Waals surface area contributed by atoms with Crippen LogP contribution in [-0.2, 0) is 0 Å². The Morgan fingerprint density at radius 2 is 1.83 bits per heavy atom. The number of nitrogen functional groups attached to an aromatic ring is 1. The molecule has 0 saturated carbocycles. The molecule has 9 heteroatoms. The Balaban J connectivity index is 1.84. The number of pyridine rings is 2. The molecule has 0 radical (unpaired) electrons. The third-order valence-electron chi connectivity index (χ3n) is 4.47. The van der Waals surface area contributed by atoms with Crippen LogP contribution in [0.3, 0.4) is 0 Å². The third kappa shape index (κ3) is 3.04. The standard InChI is InChI=1S/C20H15N5O4/c1-10-5-4-8-14(22-10)23-18(27)11-6-2-3-7-13(11)25-15(26)9-12-16(17(25)21)20(29)24-19(12)28/h2-9H,21H2,1H3,(H,22,23,27)(H,24,28,29). The molecular weight excluding hydrogens is 374 g/mol. The van der Waals surface area contributed by atoms with Gasteiger partial charge in [0.2, 0.25) is 0 Å². The Morgan fingerprint density at radius 3 is 2.59 bits per heavy atom. The highest BCUT2D eigenvalue weighted by Crippen LogP contribution is 2.24. The van der Waals surface area contributed by atoms with Gasteiger partial charge in [0.05, 0.1) is 22.4 Å². The van der Waals surface area contributed by atoms with Crippen LogP contribution in [0.15, 0.2) is 53.3 Å². The molecule has 9 nitrogen and oxygen atoms in total. The molecule has 0 atom stereocenters. The summed E-state index contributed by atoms with van der Waals surface area (Å²) >= 11 is 0. The number of nitrogens with two attached hydrogens (primary N) is 1. The average Bonchev–Trinajstić information content (AvgIpc) is 2.95. The summed E-state index contributed by atoms with van der Waals surface area (Å²) < 4.78 is 1.04. The SMILES string of the molecule is Cc1cccc(NC(=O)c2ccccc2-n2c(N)c3c(cc2=O)C(=O)NC3=O)n1. The summed E-state index contributed by atoms with van der Waals surface area (Å²) in [6.45, 7) is 1.79. The van der Waals surface area contributed by atoms with Crippen LogP contribution in [0.1, 0.15) is 36.8 Å². The Morgan fingerprint density at radius 1 is 1.07 bits per heavy atom. The normalized spacial score (nSPS) is 12.4. The molecule has 4 N–H and O–H groups in total. The van der Waals surface area contributed by atoms with E-state index in [4.69, 9.17) is 5.73 Å². The fraction of sp³-hybridized carbons (Fsp3) is 0.0500. The predicted molar refractivity (Wildman–Crippen MR) is 105 cm³/mol. The number of para-hydroxylation sites is 1. The molecule has 0 bridgehead atoms. The van der Waals surface area contributed by atoms with Gasteiger partial charge in [-0.1, -0.05) is 18.2 Å². The lowest BCUT2D eigenvalue weighted by molar-refractivity contribution is 0.0879. The number of nitrogens with zero attached hydrogens (tertiary/aromatic N) is 2. The van der Waals surface area contributed by atoms with Crippen molar-refractivity contribution in [3.05, 3.63) is 81.3 Å². The topological polar surface area (TPSA) is 136 Å². The number of imide groups is 1. The number of nitrogens with one attached hydrogen (secondary N) is 2. The smallest absolute Gasteiger partial charge is 0.262 e. The number of rotatable bonds is 3. The third-order valence-corrected chi connectivity index (χ3v) is 4.47. The van der Waals surface area contributed by atoms with Crippen molar-refractivity contribution in [1.29, 1.82) is 0 Å². The number of carbonyl (C=O) groups is 3. The van der Waals surface area contributed by atoms with Gasteiger partial charge in [-0.2, -0.15) is 0 Å². The Bertz CT molecular complexity index is 1260. The first-order valence-electron chi connectivity index (χ1n) is 8.62. The molecular formula is C20H15N5O4. The van der Waals surface area contributed by atoms with Crippen LogP contribution in [0.4, 0.5) is 11.6 Å². The van der Waals surface area contributed by atoms with Gasteiger partial charge in [-0.15, -0.1) is 0 Å². The quantitative estimate of drug-likeness (QED) is 0.577. The predicted octanol–water partition coefficient (Wildman–Crippen LogP) is 1.26. The lowest BCUT2D eigenvalue weighted by Crippen LogP contribution is -2.26. The van der Waals surface area contributed by atoms with E-state index in [1.807, 2.05) is 0 Å². The molecule has 2 aromatic heterocycles. The van der Waals surface area contributed by atoms with Crippen molar-refractivity contribution in [1.82, 2.24) is 14.9 Å². The van der Waals surface area contributed by atoms with E-state index in [0.717, 1.165) is 16.3 Å². The maximum absolute atomic E-state index is 12.9. The highest BCUT2D eigenvalue weighted by atomic mass is 16.2. The number of fused-ring (bicyclic) bond motifs is 1. The molecule has 1 aliphatic heterocycles. The van der Waals surface area contributed by atoms with Crippen molar-refractivity contribution in [2.45, 2.75) is 6.92 Å². The van der Waals surface area contributed by atoms with Gasteiger partial charge in [0.25, 0.3) is 23.3 Å². The molecule has 0 spiro atoms. The second-order valence-electron chi connectivity index (χ2n) is 6.41. The number of carbonyl (C=O) groups excluding carboxylic acids is 3. The van der Waals surface area contributed by atoms with E-state index in [0.29, 0.717) is 5.82 Å². The maximum Gasteiger partial charge on any atom is 0.262 e. The number of hydrogen-bond donors (Lipinski definition) is 3. The number of aromatic nitrogens is 2. The van der Waals surface area contributed by atoms with Crippen molar-refractivity contribution in [2.75, 3.05) is 11.1 Å². The molecule has 0 aliphatic carbocycles. The van der Waals surface area contributed by atoms with Crippen molar-refractivity contribution < 1.29 is 14.4 Å². The highest BCUT2D eigenvalue weighted by molar-refractivity contribution is 6.23. The van der Waals surface area contributed by atoms with E-state index < -0.39 is 23.3 Å². The van der Waals surface area contributed by atoms with Crippen LogP contribution in [0.2, 0.25) is 0 Å². The number of anilines is 2. The summed E-state index contributed by atoms with van der Waals surface area (Å²) in [6, 6.07) is 12.5. The zero-order chi connectivity index (χ0) is 20.7. The molecule has 0 unspecified atom stereocenters. The first-order valence-corrected chi connectivity index (χ1v) is 8.62. The van der Waals surface area contributed by atoms with E-state index in [1.165, 1.54) is 12.1 Å². The number of hydrogen-bond acceptors (Lipinski definition) is 6. The van der Waals surface area contributed by atoms with Crippen LogP contribution >= 0.6 is 0 Å². The molecule has 29 heavy (non-hydrogen) atoms. The summed E-state index contributed by atoms with van der Waals surface area (Å²) in [5, 5.41) is 4.78. The summed E-state index contributed by atoms with van der Waals surface area (Å²) in [4.78, 5) is 53.7. The molecule has 1 aliphatic rings. The van der Waals surface area contributed by atoms with E-state index >= 15 is 0 Å². The summed E-state index contributed by atoms with van der Waals surface area (Å²) in [5.74, 6) is -1.75. The zero-order valence-electron chi connectivity index (χ0n) is 15.2. The first-order chi connectivity index (χ1) is 13.9. The molecule has 0 saturated heterocycles. The lowest BCUT2D eigenvalue weighted by Gasteiger charge is -2.15. The molecule has 1 aromatic carbocycles. The molecule has 3 heterocycles. The minimum Gasteiger partial charge on any atom is -0.384 e. The molecule has 0 fully saturated rings. The van der Waals surface area contributed by atoms with Crippen molar-refractivity contribution in [3.8, 4) is 5.69 Å². The van der Waals surface area contributed by atoms with E-state index in [-0.39, 0.29) is 28.2 Å². The molecule has 3 aromatic rings. The molecule has 144 valence electrons. The number of amides is 3. The van der Waals surface area contributed by atoms with Crippen LogP contribution in [-0.4, -0.2) is 27.3 Å². The minimum atomic E-state index is -0.692. The van der Waals surface area contributed by atoms with E-state index in [1.54, 1.807) is 37.3 Å². The van der Waals surface area contributed by atoms with Gasteiger partial charge in [-0.25, -0.2) is 4.98 Å². The van der Waals surface area contributed by atoms with Crippen molar-refractivity contribution in [3.63, 3.8) is 0 Å². The molecule has 4 rings (SSSR count). The summed E-state index contributed by atoms with van der Waals surface area (Å²) in [7, 11) is 0.